The molecular weight excluding hydrogens is 250 g/mol. The molecule has 0 aromatic heterocycles. The molecule has 0 radical (unpaired) electrons. The number of benzene rings is 1. The van der Waals surface area contributed by atoms with Gasteiger partial charge in [0, 0.05) is 13.1 Å². The first kappa shape index (κ1) is 14.8. The summed E-state index contributed by atoms with van der Waals surface area (Å²) in [6, 6.07) is 8.48. The van der Waals surface area contributed by atoms with Crippen LogP contribution in [-0.4, -0.2) is 35.6 Å². The Hall–Kier alpha value is -1.61. The van der Waals surface area contributed by atoms with Crippen molar-refractivity contribution in [2.24, 2.45) is 5.92 Å². The highest BCUT2D eigenvalue weighted by Crippen LogP contribution is 2.24. The van der Waals surface area contributed by atoms with Gasteiger partial charge >= 0.3 is 5.97 Å². The Morgan fingerprint density at radius 3 is 2.80 bits per heavy atom. The molecule has 1 fully saturated rings. The third kappa shape index (κ3) is 3.28. The average Bonchev–Trinajstić information content (AvgIpc) is 2.93. The summed E-state index contributed by atoms with van der Waals surface area (Å²) < 4.78 is 0. The summed E-state index contributed by atoms with van der Waals surface area (Å²) in [7, 11) is 0. The molecule has 1 aromatic carbocycles. The van der Waals surface area contributed by atoms with Gasteiger partial charge in [0.25, 0.3) is 0 Å². The zero-order valence-electron chi connectivity index (χ0n) is 12.3. The third-order valence-corrected chi connectivity index (χ3v) is 4.11. The van der Waals surface area contributed by atoms with E-state index < -0.39 is 5.97 Å². The van der Waals surface area contributed by atoms with Gasteiger partial charge in [-0.15, -0.1) is 0 Å². The van der Waals surface area contributed by atoms with Gasteiger partial charge in [-0.1, -0.05) is 37.3 Å². The maximum Gasteiger partial charge on any atom is 0.307 e. The number of hydrogen-bond acceptors (Lipinski definition) is 2. The van der Waals surface area contributed by atoms with Crippen LogP contribution < -0.4 is 0 Å². The molecular formula is C17H23NO2. The lowest BCUT2D eigenvalue weighted by Crippen LogP contribution is -2.25. The first-order valence-electron chi connectivity index (χ1n) is 7.34. The summed E-state index contributed by atoms with van der Waals surface area (Å²) in [6.07, 6.45) is 3.94. The van der Waals surface area contributed by atoms with Crippen LogP contribution in [-0.2, 0) is 11.2 Å². The number of aryl methyl sites for hydroxylation is 1. The van der Waals surface area contributed by atoms with Gasteiger partial charge in [0.15, 0.2) is 0 Å². The Labute approximate surface area is 120 Å². The Kier molecular flexibility index (Phi) is 4.96. The largest absolute Gasteiger partial charge is 0.481 e. The predicted octanol–water partition coefficient (Wildman–Crippen LogP) is 3.06. The summed E-state index contributed by atoms with van der Waals surface area (Å²) in [4.78, 5) is 13.3. The van der Waals surface area contributed by atoms with E-state index in [1.54, 1.807) is 0 Å². The van der Waals surface area contributed by atoms with Crippen molar-refractivity contribution in [2.75, 3.05) is 19.6 Å². The van der Waals surface area contributed by atoms with Crippen molar-refractivity contribution in [2.45, 2.75) is 26.7 Å². The van der Waals surface area contributed by atoms with E-state index in [0.29, 0.717) is 6.54 Å². The monoisotopic (exact) mass is 273 g/mol. The van der Waals surface area contributed by atoms with Crippen LogP contribution in [0.3, 0.4) is 0 Å². The van der Waals surface area contributed by atoms with Crippen LogP contribution in [0.2, 0.25) is 0 Å². The highest BCUT2D eigenvalue weighted by molar-refractivity contribution is 5.71. The van der Waals surface area contributed by atoms with Crippen LogP contribution in [0.5, 0.6) is 0 Å². The van der Waals surface area contributed by atoms with Crippen LogP contribution in [0, 0.1) is 5.92 Å². The zero-order valence-corrected chi connectivity index (χ0v) is 12.3. The summed E-state index contributed by atoms with van der Waals surface area (Å²) in [5.41, 5.74) is 3.96. The number of likely N-dealkylation sites (tertiary alicyclic amines) is 1. The second kappa shape index (κ2) is 6.71. The van der Waals surface area contributed by atoms with Crippen molar-refractivity contribution in [3.8, 4) is 0 Å². The summed E-state index contributed by atoms with van der Waals surface area (Å²) in [5, 5.41) is 9.08. The molecule has 20 heavy (non-hydrogen) atoms. The summed E-state index contributed by atoms with van der Waals surface area (Å²) in [6.45, 7) is 6.62. The number of hydrogen-bond donors (Lipinski definition) is 1. The lowest BCUT2D eigenvalue weighted by Gasteiger charge is -2.19. The molecule has 108 valence electrons. The van der Waals surface area contributed by atoms with Crippen molar-refractivity contribution in [3.05, 3.63) is 41.5 Å². The van der Waals surface area contributed by atoms with Gasteiger partial charge in [0.05, 0.1) is 5.92 Å². The van der Waals surface area contributed by atoms with Gasteiger partial charge in [0.1, 0.15) is 0 Å². The zero-order chi connectivity index (χ0) is 14.5. The van der Waals surface area contributed by atoms with E-state index in [-0.39, 0.29) is 5.92 Å². The molecule has 0 bridgehead atoms. The third-order valence-electron chi connectivity index (χ3n) is 4.11. The first-order chi connectivity index (χ1) is 9.65. The fourth-order valence-electron chi connectivity index (χ4n) is 2.89. The number of rotatable bonds is 5. The highest BCUT2D eigenvalue weighted by atomic mass is 16.4. The van der Waals surface area contributed by atoms with Crippen LogP contribution >= 0.6 is 0 Å². The van der Waals surface area contributed by atoms with Crippen LogP contribution in [0.1, 0.15) is 31.4 Å². The molecule has 1 saturated heterocycles. The molecule has 1 aromatic rings. The van der Waals surface area contributed by atoms with E-state index in [1.807, 2.05) is 0 Å². The fourth-order valence-corrected chi connectivity index (χ4v) is 2.89. The molecule has 1 aliphatic rings. The average molecular weight is 273 g/mol. The molecule has 0 spiro atoms. The second-order valence-electron chi connectivity index (χ2n) is 5.38. The molecule has 0 saturated carbocycles. The lowest BCUT2D eigenvalue weighted by molar-refractivity contribution is -0.141. The van der Waals surface area contributed by atoms with Crippen LogP contribution in [0.4, 0.5) is 0 Å². The summed E-state index contributed by atoms with van der Waals surface area (Å²) >= 11 is 0. The number of allylic oxidation sites excluding steroid dienone is 1. The molecule has 3 heteroatoms. The minimum absolute atomic E-state index is 0.200. The Morgan fingerprint density at radius 1 is 1.45 bits per heavy atom. The number of aliphatic carboxylic acids is 1. The fraction of sp³-hybridized carbons (Fsp3) is 0.471. The summed E-state index contributed by atoms with van der Waals surface area (Å²) in [5.74, 6) is -0.863. The van der Waals surface area contributed by atoms with Crippen molar-refractivity contribution in [3.63, 3.8) is 0 Å². The second-order valence-corrected chi connectivity index (χ2v) is 5.38. The number of carbonyl (C=O) groups is 1. The molecule has 1 N–H and O–H groups in total. The molecule has 3 nitrogen and oxygen atoms in total. The minimum Gasteiger partial charge on any atom is -0.481 e. The maximum absolute atomic E-state index is 11.0. The molecule has 2 rings (SSSR count). The quantitative estimate of drug-likeness (QED) is 0.896. The smallest absolute Gasteiger partial charge is 0.307 e. The van der Waals surface area contributed by atoms with Crippen LogP contribution in [0.25, 0.3) is 5.57 Å². The minimum atomic E-state index is -0.663. The highest BCUT2D eigenvalue weighted by Gasteiger charge is 2.28. The molecule has 0 aliphatic carbocycles. The molecule has 1 heterocycles. The normalized spacial score (nSPS) is 20.3. The van der Waals surface area contributed by atoms with E-state index in [0.717, 1.165) is 25.9 Å². The van der Waals surface area contributed by atoms with Crippen molar-refractivity contribution < 1.29 is 9.90 Å². The van der Waals surface area contributed by atoms with E-state index in [9.17, 15) is 4.79 Å². The number of carboxylic acid groups (broad SMARTS) is 1. The van der Waals surface area contributed by atoms with Gasteiger partial charge in [-0.3, -0.25) is 9.69 Å². The molecule has 1 aliphatic heterocycles. The standard InChI is InChI=1S/C17H23NO2/c1-3-13-7-5-6-8-16(13)14(4-2)11-18-10-9-15(12-18)17(19)20/h4-8,15H,3,9-12H2,1-2H3,(H,19,20)/b14-4-. The van der Waals surface area contributed by atoms with Crippen LogP contribution in [0.15, 0.2) is 30.3 Å². The van der Waals surface area contributed by atoms with E-state index in [4.69, 9.17) is 5.11 Å². The Morgan fingerprint density at radius 2 is 2.20 bits per heavy atom. The first-order valence-corrected chi connectivity index (χ1v) is 7.34. The van der Waals surface area contributed by atoms with E-state index in [1.165, 1.54) is 16.7 Å². The predicted molar refractivity (Wildman–Crippen MR) is 81.7 cm³/mol. The molecule has 1 unspecified atom stereocenters. The van der Waals surface area contributed by atoms with Crippen molar-refractivity contribution in [1.29, 1.82) is 0 Å². The Bertz CT molecular complexity index is 507. The maximum atomic E-state index is 11.0. The van der Waals surface area contributed by atoms with Gasteiger partial charge in [-0.05, 0) is 43.0 Å². The van der Waals surface area contributed by atoms with Gasteiger partial charge in [0.2, 0.25) is 0 Å². The topological polar surface area (TPSA) is 40.5 Å². The molecule has 0 amide bonds. The van der Waals surface area contributed by atoms with Crippen molar-refractivity contribution >= 4 is 11.5 Å². The number of carboxylic acids is 1. The molecule has 1 atom stereocenters. The van der Waals surface area contributed by atoms with Gasteiger partial charge in [-0.2, -0.15) is 0 Å². The lowest BCUT2D eigenvalue weighted by atomic mass is 9.97. The van der Waals surface area contributed by atoms with Gasteiger partial charge < -0.3 is 5.11 Å². The van der Waals surface area contributed by atoms with E-state index in [2.05, 4.69) is 49.1 Å². The van der Waals surface area contributed by atoms with E-state index >= 15 is 0 Å². The Balaban J connectivity index is 2.09. The number of nitrogens with zero attached hydrogens (tertiary/aromatic N) is 1. The SMILES string of the molecule is C/C=C(/CN1CCC(C(=O)O)C1)c1ccccc1CC. The van der Waals surface area contributed by atoms with Gasteiger partial charge in [-0.25, -0.2) is 0 Å². The van der Waals surface area contributed by atoms with Crippen molar-refractivity contribution in [1.82, 2.24) is 4.90 Å².